The molecule has 0 heterocycles. The summed E-state index contributed by atoms with van der Waals surface area (Å²) in [5.41, 5.74) is 0. The summed E-state index contributed by atoms with van der Waals surface area (Å²) in [6.45, 7) is 0.622. The molecule has 0 aliphatic carbocycles. The summed E-state index contributed by atoms with van der Waals surface area (Å²) >= 11 is 5.78. The average molecular weight is 186 g/mol. The third kappa shape index (κ3) is 2.72. The molecule has 3 heteroatoms. The number of ether oxygens (including phenoxy) is 1. The summed E-state index contributed by atoms with van der Waals surface area (Å²) in [7, 11) is 0. The summed E-state index contributed by atoms with van der Waals surface area (Å²) in [4.78, 5) is 0. The van der Waals surface area contributed by atoms with Crippen molar-refractivity contribution >= 4 is 11.6 Å². The van der Waals surface area contributed by atoms with Crippen LogP contribution in [0.4, 0.5) is 0 Å². The molecular formula is C9H10ClO2. The van der Waals surface area contributed by atoms with Crippen LogP contribution in [-0.4, -0.2) is 18.3 Å². The van der Waals surface area contributed by atoms with Gasteiger partial charge in [0.1, 0.15) is 5.75 Å². The molecule has 1 N–H and O–H groups in total. The number of halogens is 1. The van der Waals surface area contributed by atoms with Gasteiger partial charge < -0.3 is 9.84 Å². The molecule has 0 aromatic heterocycles. The zero-order chi connectivity index (χ0) is 8.81. The molecule has 1 aromatic rings. The van der Waals surface area contributed by atoms with Crippen molar-refractivity contribution in [2.24, 2.45) is 0 Å². The first-order chi connectivity index (χ1) is 5.84. The van der Waals surface area contributed by atoms with Crippen LogP contribution >= 0.6 is 11.6 Å². The Balaban J connectivity index is 2.46. The number of benzene rings is 1. The quantitative estimate of drug-likeness (QED) is 0.727. The highest BCUT2D eigenvalue weighted by atomic mass is 35.5. The molecule has 1 radical (unpaired) electrons. The zero-order valence-corrected chi connectivity index (χ0v) is 7.34. The van der Waals surface area contributed by atoms with Crippen LogP contribution in [0.1, 0.15) is 6.42 Å². The molecule has 0 saturated carbocycles. The van der Waals surface area contributed by atoms with Crippen molar-refractivity contribution in [2.45, 2.75) is 6.42 Å². The number of rotatable bonds is 4. The highest BCUT2D eigenvalue weighted by Gasteiger charge is 1.97. The maximum Gasteiger partial charge on any atom is 0.137 e. The molecule has 0 fully saturated rings. The van der Waals surface area contributed by atoms with E-state index in [1.807, 2.05) is 0 Å². The summed E-state index contributed by atoms with van der Waals surface area (Å²) < 4.78 is 5.27. The van der Waals surface area contributed by atoms with Crippen LogP contribution in [-0.2, 0) is 0 Å². The van der Waals surface area contributed by atoms with Gasteiger partial charge in [-0.1, -0.05) is 17.7 Å². The third-order valence-corrected chi connectivity index (χ3v) is 1.63. The van der Waals surface area contributed by atoms with Gasteiger partial charge in [-0.05, 0) is 18.2 Å². The van der Waals surface area contributed by atoms with Crippen molar-refractivity contribution in [3.05, 3.63) is 29.3 Å². The molecule has 1 rings (SSSR count). The lowest BCUT2D eigenvalue weighted by atomic mass is 10.3. The highest BCUT2D eigenvalue weighted by molar-refractivity contribution is 6.32. The first kappa shape index (κ1) is 9.36. The molecule has 2 nitrogen and oxygen atoms in total. The lowest BCUT2D eigenvalue weighted by Crippen LogP contribution is -1.99. The predicted octanol–water partition coefficient (Wildman–Crippen LogP) is 1.90. The SMILES string of the molecule is OCCCOc1cc[c]cc1Cl. The zero-order valence-electron chi connectivity index (χ0n) is 6.59. The van der Waals surface area contributed by atoms with Crippen LogP contribution in [0.3, 0.4) is 0 Å². The highest BCUT2D eigenvalue weighted by Crippen LogP contribution is 2.22. The predicted molar refractivity (Wildman–Crippen MR) is 47.5 cm³/mol. The minimum atomic E-state index is 0.135. The van der Waals surface area contributed by atoms with Crippen molar-refractivity contribution in [2.75, 3.05) is 13.2 Å². The van der Waals surface area contributed by atoms with Gasteiger partial charge >= 0.3 is 0 Å². The number of hydrogen-bond donors (Lipinski definition) is 1. The van der Waals surface area contributed by atoms with Gasteiger partial charge in [-0.2, -0.15) is 0 Å². The molecule has 1 aromatic carbocycles. The minimum Gasteiger partial charge on any atom is -0.492 e. The second kappa shape index (κ2) is 5.01. The van der Waals surface area contributed by atoms with Gasteiger partial charge in [-0.15, -0.1) is 0 Å². The Morgan fingerprint density at radius 3 is 3.08 bits per heavy atom. The molecule has 0 amide bonds. The summed E-state index contributed by atoms with van der Waals surface area (Å²) in [6.07, 6.45) is 0.620. The van der Waals surface area contributed by atoms with E-state index in [1.165, 1.54) is 0 Å². The molecule has 0 aliphatic rings. The smallest absolute Gasteiger partial charge is 0.137 e. The standard InChI is InChI=1S/C9H10ClO2/c10-8-4-1-2-5-9(8)12-7-3-6-11/h2,4-5,11H,3,6-7H2. The van der Waals surface area contributed by atoms with E-state index in [4.69, 9.17) is 21.4 Å². The average Bonchev–Trinajstić information content (AvgIpc) is 2.09. The molecule has 0 saturated heterocycles. The molecular weight excluding hydrogens is 176 g/mol. The molecule has 0 spiro atoms. The fourth-order valence-corrected chi connectivity index (χ4v) is 0.940. The number of hydrogen-bond acceptors (Lipinski definition) is 2. The second-order valence-corrected chi connectivity index (χ2v) is 2.69. The summed E-state index contributed by atoms with van der Waals surface area (Å²) in [6, 6.07) is 7.96. The van der Waals surface area contributed by atoms with E-state index in [2.05, 4.69) is 6.07 Å². The van der Waals surface area contributed by atoms with Crippen molar-refractivity contribution in [1.29, 1.82) is 0 Å². The molecule has 12 heavy (non-hydrogen) atoms. The number of aliphatic hydroxyl groups is 1. The van der Waals surface area contributed by atoms with Gasteiger partial charge in [-0.25, -0.2) is 0 Å². The number of aliphatic hydroxyl groups excluding tert-OH is 1. The van der Waals surface area contributed by atoms with Gasteiger partial charge in [0.25, 0.3) is 0 Å². The normalized spacial score (nSPS) is 9.83. The van der Waals surface area contributed by atoms with Crippen LogP contribution in [0.2, 0.25) is 5.02 Å². The first-order valence-corrected chi connectivity index (χ1v) is 4.11. The largest absolute Gasteiger partial charge is 0.492 e. The Hall–Kier alpha value is -0.730. The summed E-state index contributed by atoms with van der Waals surface area (Å²) in [5.74, 6) is 0.642. The third-order valence-electron chi connectivity index (χ3n) is 1.34. The Kier molecular flexibility index (Phi) is 3.91. The molecule has 0 atom stereocenters. The van der Waals surface area contributed by atoms with E-state index >= 15 is 0 Å². The van der Waals surface area contributed by atoms with Gasteiger partial charge in [0.15, 0.2) is 0 Å². The topological polar surface area (TPSA) is 29.5 Å². The molecule has 0 aliphatic heterocycles. The van der Waals surface area contributed by atoms with E-state index in [0.717, 1.165) is 0 Å². The van der Waals surface area contributed by atoms with Crippen molar-refractivity contribution in [1.82, 2.24) is 0 Å². The van der Waals surface area contributed by atoms with E-state index in [0.29, 0.717) is 23.8 Å². The van der Waals surface area contributed by atoms with Gasteiger partial charge in [0.05, 0.1) is 11.6 Å². The van der Waals surface area contributed by atoms with Crippen LogP contribution in [0.25, 0.3) is 0 Å². The van der Waals surface area contributed by atoms with E-state index in [9.17, 15) is 0 Å². The van der Waals surface area contributed by atoms with E-state index < -0.39 is 0 Å². The Bertz CT molecular complexity index is 238. The van der Waals surface area contributed by atoms with Crippen molar-refractivity contribution in [3.63, 3.8) is 0 Å². The molecule has 0 bridgehead atoms. The van der Waals surface area contributed by atoms with Crippen LogP contribution in [0.15, 0.2) is 18.2 Å². The lowest BCUT2D eigenvalue weighted by molar-refractivity contribution is 0.233. The van der Waals surface area contributed by atoms with Crippen LogP contribution in [0.5, 0.6) is 5.75 Å². The second-order valence-electron chi connectivity index (χ2n) is 2.28. The minimum absolute atomic E-state index is 0.135. The van der Waals surface area contributed by atoms with E-state index in [1.54, 1.807) is 18.2 Å². The maximum absolute atomic E-state index is 8.49. The maximum atomic E-state index is 8.49. The fraction of sp³-hybridized carbons (Fsp3) is 0.333. The van der Waals surface area contributed by atoms with Gasteiger partial charge in [0.2, 0.25) is 0 Å². The Morgan fingerprint density at radius 2 is 2.42 bits per heavy atom. The fourth-order valence-electron chi connectivity index (χ4n) is 0.760. The van der Waals surface area contributed by atoms with Crippen LogP contribution < -0.4 is 4.74 Å². The Morgan fingerprint density at radius 1 is 1.58 bits per heavy atom. The Labute approximate surface area is 76.7 Å². The summed E-state index contributed by atoms with van der Waals surface area (Å²) in [5, 5.41) is 9.05. The first-order valence-electron chi connectivity index (χ1n) is 3.74. The van der Waals surface area contributed by atoms with E-state index in [-0.39, 0.29) is 6.61 Å². The molecule has 65 valence electrons. The monoisotopic (exact) mass is 185 g/mol. The van der Waals surface area contributed by atoms with Crippen molar-refractivity contribution in [3.8, 4) is 5.75 Å². The van der Waals surface area contributed by atoms with Crippen LogP contribution in [0, 0.1) is 6.07 Å². The van der Waals surface area contributed by atoms with Crippen molar-refractivity contribution < 1.29 is 9.84 Å². The lowest BCUT2D eigenvalue weighted by Gasteiger charge is -2.05. The molecule has 0 unspecified atom stereocenters. The van der Waals surface area contributed by atoms with Gasteiger partial charge in [-0.3, -0.25) is 0 Å². The van der Waals surface area contributed by atoms with Gasteiger partial charge in [0, 0.05) is 13.0 Å².